The van der Waals surface area contributed by atoms with Crippen molar-refractivity contribution < 1.29 is 0 Å². The standard InChI is InChI=1S/C19H22ClN/c1-13-9-10-15(18(20)11-13)12-19(21)17-8-4-6-14-5-2-3-7-16(14)17/h2-3,5,7,9-11,17,19H,4,6,8,12,21H2,1H3. The Morgan fingerprint density at radius 2 is 2.05 bits per heavy atom. The lowest BCUT2D eigenvalue weighted by molar-refractivity contribution is 0.460. The maximum Gasteiger partial charge on any atom is 0.0441 e. The van der Waals surface area contributed by atoms with Crippen LogP contribution < -0.4 is 5.73 Å². The van der Waals surface area contributed by atoms with Crippen molar-refractivity contribution in [3.05, 3.63) is 69.7 Å². The fourth-order valence-electron chi connectivity index (χ4n) is 3.45. The van der Waals surface area contributed by atoms with Gasteiger partial charge in [-0.3, -0.25) is 0 Å². The van der Waals surface area contributed by atoms with Crippen molar-refractivity contribution in [2.75, 3.05) is 0 Å². The number of fused-ring (bicyclic) bond motifs is 1. The highest BCUT2D eigenvalue weighted by Gasteiger charge is 2.25. The molecule has 2 heteroatoms. The molecule has 2 aromatic carbocycles. The minimum Gasteiger partial charge on any atom is -0.327 e. The second-order valence-corrected chi connectivity index (χ2v) is 6.57. The van der Waals surface area contributed by atoms with Gasteiger partial charge in [-0.25, -0.2) is 0 Å². The summed E-state index contributed by atoms with van der Waals surface area (Å²) in [4.78, 5) is 0. The molecule has 1 aliphatic carbocycles. The lowest BCUT2D eigenvalue weighted by Crippen LogP contribution is -2.33. The molecule has 0 fully saturated rings. The summed E-state index contributed by atoms with van der Waals surface area (Å²) in [6.07, 6.45) is 4.45. The van der Waals surface area contributed by atoms with Gasteiger partial charge in [0.05, 0.1) is 0 Å². The largest absolute Gasteiger partial charge is 0.327 e. The molecule has 1 nitrogen and oxygen atoms in total. The zero-order chi connectivity index (χ0) is 14.8. The van der Waals surface area contributed by atoms with E-state index in [4.69, 9.17) is 17.3 Å². The lowest BCUT2D eigenvalue weighted by atomic mass is 9.77. The summed E-state index contributed by atoms with van der Waals surface area (Å²) in [5, 5.41) is 0.842. The quantitative estimate of drug-likeness (QED) is 0.878. The van der Waals surface area contributed by atoms with Crippen LogP contribution in [0.1, 0.15) is 41.0 Å². The van der Waals surface area contributed by atoms with Gasteiger partial charge < -0.3 is 5.73 Å². The van der Waals surface area contributed by atoms with Crippen LogP contribution in [-0.4, -0.2) is 6.04 Å². The Morgan fingerprint density at radius 3 is 2.86 bits per heavy atom. The van der Waals surface area contributed by atoms with E-state index in [9.17, 15) is 0 Å². The fraction of sp³-hybridized carbons (Fsp3) is 0.368. The molecule has 2 aromatic rings. The van der Waals surface area contributed by atoms with E-state index in [-0.39, 0.29) is 6.04 Å². The third kappa shape index (κ3) is 3.14. The Bertz CT molecular complexity index is 635. The van der Waals surface area contributed by atoms with Crippen LogP contribution in [0, 0.1) is 6.92 Å². The van der Waals surface area contributed by atoms with Crippen molar-refractivity contribution in [2.24, 2.45) is 5.73 Å². The van der Waals surface area contributed by atoms with Crippen LogP contribution in [0.2, 0.25) is 5.02 Å². The molecule has 2 N–H and O–H groups in total. The second kappa shape index (κ2) is 6.21. The Balaban J connectivity index is 1.81. The molecule has 2 unspecified atom stereocenters. The van der Waals surface area contributed by atoms with E-state index >= 15 is 0 Å². The van der Waals surface area contributed by atoms with Crippen molar-refractivity contribution >= 4 is 11.6 Å². The highest BCUT2D eigenvalue weighted by Crippen LogP contribution is 2.34. The van der Waals surface area contributed by atoms with Gasteiger partial charge >= 0.3 is 0 Å². The summed E-state index contributed by atoms with van der Waals surface area (Å²) in [7, 11) is 0. The molecule has 0 amide bonds. The maximum atomic E-state index is 6.54. The minimum atomic E-state index is 0.131. The van der Waals surface area contributed by atoms with Crippen LogP contribution in [0.3, 0.4) is 0 Å². The first-order chi connectivity index (χ1) is 10.1. The predicted molar refractivity (Wildman–Crippen MR) is 90.0 cm³/mol. The van der Waals surface area contributed by atoms with Crippen LogP contribution >= 0.6 is 11.6 Å². The van der Waals surface area contributed by atoms with Crippen LogP contribution in [0.4, 0.5) is 0 Å². The average molecular weight is 300 g/mol. The zero-order valence-electron chi connectivity index (χ0n) is 12.5. The fourth-order valence-corrected chi connectivity index (χ4v) is 3.76. The topological polar surface area (TPSA) is 26.0 Å². The van der Waals surface area contributed by atoms with Gasteiger partial charge in [-0.1, -0.05) is 48.0 Å². The third-order valence-electron chi connectivity index (χ3n) is 4.60. The van der Waals surface area contributed by atoms with E-state index in [1.165, 1.54) is 36.0 Å². The van der Waals surface area contributed by atoms with Gasteiger partial charge in [0.25, 0.3) is 0 Å². The number of hydrogen-bond acceptors (Lipinski definition) is 1. The molecule has 0 radical (unpaired) electrons. The maximum absolute atomic E-state index is 6.54. The van der Waals surface area contributed by atoms with Crippen molar-refractivity contribution in [3.8, 4) is 0 Å². The number of rotatable bonds is 3. The molecule has 2 atom stereocenters. The molecule has 21 heavy (non-hydrogen) atoms. The number of hydrogen-bond donors (Lipinski definition) is 1. The summed E-state index contributed by atoms with van der Waals surface area (Å²) in [6.45, 7) is 2.06. The van der Waals surface area contributed by atoms with E-state index in [1.54, 1.807) is 0 Å². The van der Waals surface area contributed by atoms with Crippen LogP contribution in [0.25, 0.3) is 0 Å². The number of benzene rings is 2. The lowest BCUT2D eigenvalue weighted by Gasteiger charge is -2.30. The first-order valence-electron chi connectivity index (χ1n) is 7.73. The summed E-state index contributed by atoms with van der Waals surface area (Å²) in [5.41, 5.74) is 11.8. The van der Waals surface area contributed by atoms with Gasteiger partial charge in [0, 0.05) is 11.1 Å². The molecule has 0 bridgehead atoms. The number of aryl methyl sites for hydroxylation is 2. The summed E-state index contributed by atoms with van der Waals surface area (Å²) in [5.74, 6) is 0.451. The summed E-state index contributed by atoms with van der Waals surface area (Å²) < 4.78 is 0. The van der Waals surface area contributed by atoms with Crippen LogP contribution in [0.5, 0.6) is 0 Å². The summed E-state index contributed by atoms with van der Waals surface area (Å²) >= 11 is 6.36. The van der Waals surface area contributed by atoms with Crippen molar-refractivity contribution in [2.45, 2.75) is 44.6 Å². The molecule has 0 aromatic heterocycles. The zero-order valence-corrected chi connectivity index (χ0v) is 13.2. The molecule has 3 rings (SSSR count). The van der Waals surface area contributed by atoms with Crippen molar-refractivity contribution in [1.82, 2.24) is 0 Å². The van der Waals surface area contributed by atoms with Gasteiger partial charge in [-0.2, -0.15) is 0 Å². The molecule has 0 aliphatic heterocycles. The predicted octanol–water partition coefficient (Wildman–Crippen LogP) is 4.64. The molecule has 1 aliphatic rings. The first-order valence-corrected chi connectivity index (χ1v) is 8.11. The van der Waals surface area contributed by atoms with E-state index in [2.05, 4.69) is 43.3 Å². The number of nitrogens with two attached hydrogens (primary N) is 1. The molecule has 0 saturated heterocycles. The molecule has 0 heterocycles. The van der Waals surface area contributed by atoms with Crippen LogP contribution in [0.15, 0.2) is 42.5 Å². The van der Waals surface area contributed by atoms with E-state index in [0.29, 0.717) is 5.92 Å². The molecular weight excluding hydrogens is 278 g/mol. The SMILES string of the molecule is Cc1ccc(CC(N)C2CCCc3ccccc32)c(Cl)c1. The minimum absolute atomic E-state index is 0.131. The Labute approximate surface area is 132 Å². The van der Waals surface area contributed by atoms with Crippen molar-refractivity contribution in [1.29, 1.82) is 0 Å². The van der Waals surface area contributed by atoms with Crippen molar-refractivity contribution in [3.63, 3.8) is 0 Å². The van der Waals surface area contributed by atoms with Gasteiger partial charge in [0.2, 0.25) is 0 Å². The smallest absolute Gasteiger partial charge is 0.0441 e. The Kier molecular flexibility index (Phi) is 4.32. The molecule has 110 valence electrons. The highest BCUT2D eigenvalue weighted by molar-refractivity contribution is 6.31. The van der Waals surface area contributed by atoms with Gasteiger partial charge in [0.15, 0.2) is 0 Å². The van der Waals surface area contributed by atoms with Crippen LogP contribution in [-0.2, 0) is 12.8 Å². The van der Waals surface area contributed by atoms with E-state index in [0.717, 1.165) is 17.0 Å². The normalized spacial score (nSPS) is 19.1. The highest BCUT2D eigenvalue weighted by atomic mass is 35.5. The first kappa shape index (κ1) is 14.6. The van der Waals surface area contributed by atoms with Gasteiger partial charge in [-0.05, 0) is 66.8 Å². The Hall–Kier alpha value is -1.31. The second-order valence-electron chi connectivity index (χ2n) is 6.16. The van der Waals surface area contributed by atoms with Gasteiger partial charge in [-0.15, -0.1) is 0 Å². The monoisotopic (exact) mass is 299 g/mol. The summed E-state index contributed by atoms with van der Waals surface area (Å²) in [6, 6.07) is 15.1. The average Bonchev–Trinajstić information content (AvgIpc) is 2.49. The Morgan fingerprint density at radius 1 is 1.24 bits per heavy atom. The number of halogens is 1. The third-order valence-corrected chi connectivity index (χ3v) is 4.95. The molecular formula is C19H22ClN. The van der Waals surface area contributed by atoms with Gasteiger partial charge in [0.1, 0.15) is 0 Å². The van der Waals surface area contributed by atoms with E-state index < -0.39 is 0 Å². The van der Waals surface area contributed by atoms with E-state index in [1.807, 2.05) is 6.07 Å². The molecule has 0 saturated carbocycles. The molecule has 0 spiro atoms.